The van der Waals surface area contributed by atoms with Crippen molar-refractivity contribution < 1.29 is 14.6 Å². The van der Waals surface area contributed by atoms with Crippen molar-refractivity contribution in [1.29, 1.82) is 5.26 Å². The van der Waals surface area contributed by atoms with E-state index >= 15 is 0 Å². The van der Waals surface area contributed by atoms with E-state index in [-0.39, 0.29) is 5.56 Å². The predicted molar refractivity (Wildman–Crippen MR) is 133 cm³/mol. The van der Waals surface area contributed by atoms with Gasteiger partial charge in [0.15, 0.2) is 0 Å². The van der Waals surface area contributed by atoms with E-state index in [0.717, 1.165) is 34.0 Å². The Kier molecular flexibility index (Phi) is 6.61. The lowest BCUT2D eigenvalue weighted by Gasteiger charge is -2.11. The third-order valence-corrected chi connectivity index (χ3v) is 5.68. The molecule has 1 N–H and O–H groups in total. The van der Waals surface area contributed by atoms with E-state index in [1.165, 1.54) is 12.1 Å². The van der Waals surface area contributed by atoms with Crippen LogP contribution in [-0.4, -0.2) is 15.6 Å². The second-order valence-corrected chi connectivity index (χ2v) is 7.98. The minimum Gasteiger partial charge on any atom is -0.489 e. The van der Waals surface area contributed by atoms with Gasteiger partial charge in [0, 0.05) is 17.1 Å². The number of nitrogens with zero attached hydrogens (tertiary/aromatic N) is 2. The summed E-state index contributed by atoms with van der Waals surface area (Å²) in [5.41, 5.74) is 6.44. The maximum Gasteiger partial charge on any atom is 0.335 e. The molecule has 0 aliphatic rings. The Bertz CT molecular complexity index is 1370. The number of nitriles is 1. The molecule has 0 spiro atoms. The molecular formula is C29H24N2O3. The van der Waals surface area contributed by atoms with Crippen molar-refractivity contribution in [1.82, 2.24) is 4.57 Å². The van der Waals surface area contributed by atoms with Crippen LogP contribution in [0.3, 0.4) is 0 Å². The third kappa shape index (κ3) is 4.92. The van der Waals surface area contributed by atoms with Gasteiger partial charge in [0.2, 0.25) is 0 Å². The first kappa shape index (κ1) is 22.6. The number of rotatable bonds is 7. The van der Waals surface area contributed by atoms with Crippen LogP contribution < -0.4 is 4.74 Å². The van der Waals surface area contributed by atoms with Crippen molar-refractivity contribution in [2.24, 2.45) is 0 Å². The van der Waals surface area contributed by atoms with Crippen LogP contribution in [0.25, 0.3) is 17.3 Å². The number of carboxylic acids is 1. The van der Waals surface area contributed by atoms with Crippen molar-refractivity contribution >= 4 is 17.6 Å². The number of allylic oxidation sites excluding steroid dienone is 1. The molecule has 0 atom stereocenters. The molecule has 5 nitrogen and oxygen atoms in total. The van der Waals surface area contributed by atoms with Gasteiger partial charge in [0.05, 0.1) is 17.2 Å². The minimum absolute atomic E-state index is 0.190. The van der Waals surface area contributed by atoms with Gasteiger partial charge in [-0.3, -0.25) is 0 Å². The molecular weight excluding hydrogens is 424 g/mol. The number of hydrogen-bond acceptors (Lipinski definition) is 3. The van der Waals surface area contributed by atoms with Crippen molar-refractivity contribution in [2.45, 2.75) is 20.5 Å². The van der Waals surface area contributed by atoms with Gasteiger partial charge in [-0.1, -0.05) is 42.5 Å². The molecule has 0 saturated carbocycles. The summed E-state index contributed by atoms with van der Waals surface area (Å²) in [6, 6.07) is 28.6. The van der Waals surface area contributed by atoms with Crippen molar-refractivity contribution in [2.75, 3.05) is 0 Å². The summed E-state index contributed by atoms with van der Waals surface area (Å²) in [6.45, 7) is 4.56. The van der Waals surface area contributed by atoms with Crippen molar-refractivity contribution in [3.05, 3.63) is 119 Å². The summed E-state index contributed by atoms with van der Waals surface area (Å²) >= 11 is 0. The van der Waals surface area contributed by atoms with Gasteiger partial charge in [-0.15, -0.1) is 0 Å². The zero-order chi connectivity index (χ0) is 24.1. The molecule has 34 heavy (non-hydrogen) atoms. The van der Waals surface area contributed by atoms with E-state index in [1.54, 1.807) is 12.1 Å². The fourth-order valence-electron chi connectivity index (χ4n) is 3.89. The summed E-state index contributed by atoms with van der Waals surface area (Å²) in [7, 11) is 0. The Morgan fingerprint density at radius 2 is 1.62 bits per heavy atom. The standard InChI is InChI=1S/C29H24N2O3/c1-20-16-25(17-26(18-30)23-8-10-24(11-9-23)29(32)33)21(2)31(20)27-12-14-28(15-13-27)34-19-22-6-4-3-5-7-22/h3-17H,19H2,1-2H3,(H,32,33)/b26-17-. The molecule has 1 aromatic heterocycles. The van der Waals surface area contributed by atoms with Crippen LogP contribution in [-0.2, 0) is 6.61 Å². The van der Waals surface area contributed by atoms with Gasteiger partial charge in [-0.05, 0) is 79.1 Å². The van der Waals surface area contributed by atoms with Crippen LogP contribution in [0.15, 0.2) is 84.9 Å². The van der Waals surface area contributed by atoms with Crippen molar-refractivity contribution in [3.8, 4) is 17.5 Å². The van der Waals surface area contributed by atoms with E-state index in [0.29, 0.717) is 17.7 Å². The second-order valence-electron chi connectivity index (χ2n) is 7.98. The normalized spacial score (nSPS) is 11.1. The maximum absolute atomic E-state index is 11.1. The summed E-state index contributed by atoms with van der Waals surface area (Å²) in [5.74, 6) is -0.194. The number of ether oxygens (including phenoxy) is 1. The van der Waals surface area contributed by atoms with Crippen LogP contribution in [0, 0.1) is 25.2 Å². The largest absolute Gasteiger partial charge is 0.489 e. The Morgan fingerprint density at radius 3 is 2.24 bits per heavy atom. The average Bonchev–Trinajstić information content (AvgIpc) is 3.14. The van der Waals surface area contributed by atoms with E-state index in [2.05, 4.69) is 10.6 Å². The minimum atomic E-state index is -0.992. The topological polar surface area (TPSA) is 75.3 Å². The van der Waals surface area contributed by atoms with Gasteiger partial charge in [0.1, 0.15) is 12.4 Å². The van der Waals surface area contributed by atoms with Crippen LogP contribution in [0.5, 0.6) is 5.75 Å². The van der Waals surface area contributed by atoms with Gasteiger partial charge in [-0.25, -0.2) is 4.79 Å². The fraction of sp³-hybridized carbons (Fsp3) is 0.103. The van der Waals surface area contributed by atoms with E-state index in [1.807, 2.05) is 80.6 Å². The molecule has 4 rings (SSSR count). The molecule has 0 amide bonds. The highest BCUT2D eigenvalue weighted by molar-refractivity contribution is 5.92. The molecule has 168 valence electrons. The Morgan fingerprint density at radius 1 is 0.971 bits per heavy atom. The lowest BCUT2D eigenvalue weighted by atomic mass is 10.0. The number of benzene rings is 3. The SMILES string of the molecule is Cc1cc(/C=C(/C#N)c2ccc(C(=O)O)cc2)c(C)n1-c1ccc(OCc2ccccc2)cc1. The van der Waals surface area contributed by atoms with Crippen molar-refractivity contribution in [3.63, 3.8) is 0 Å². The molecule has 0 bridgehead atoms. The van der Waals surface area contributed by atoms with Gasteiger partial charge >= 0.3 is 5.97 Å². The number of carbonyl (C=O) groups is 1. The lowest BCUT2D eigenvalue weighted by molar-refractivity contribution is 0.0697. The summed E-state index contributed by atoms with van der Waals surface area (Å²) < 4.78 is 8.03. The predicted octanol–water partition coefficient (Wildman–Crippen LogP) is 6.44. The molecule has 1 heterocycles. The van der Waals surface area contributed by atoms with E-state index in [4.69, 9.17) is 9.84 Å². The highest BCUT2D eigenvalue weighted by Gasteiger charge is 2.12. The summed E-state index contributed by atoms with van der Waals surface area (Å²) in [6.07, 6.45) is 1.84. The molecule has 5 heteroatoms. The first-order valence-corrected chi connectivity index (χ1v) is 10.9. The number of aryl methyl sites for hydroxylation is 1. The zero-order valence-electron chi connectivity index (χ0n) is 19.0. The molecule has 0 radical (unpaired) electrons. The Balaban J connectivity index is 1.57. The fourth-order valence-corrected chi connectivity index (χ4v) is 3.89. The first-order chi connectivity index (χ1) is 16.5. The van der Waals surface area contributed by atoms with Gasteiger partial charge < -0.3 is 14.4 Å². The zero-order valence-corrected chi connectivity index (χ0v) is 19.0. The Labute approximate surface area is 198 Å². The first-order valence-electron chi connectivity index (χ1n) is 10.9. The lowest BCUT2D eigenvalue weighted by Crippen LogP contribution is -2.00. The number of aromatic carboxylic acids is 1. The maximum atomic E-state index is 11.1. The highest BCUT2D eigenvalue weighted by Crippen LogP contribution is 2.26. The molecule has 0 saturated heterocycles. The second kappa shape index (κ2) is 9.93. The third-order valence-electron chi connectivity index (χ3n) is 5.68. The van der Waals surface area contributed by atoms with Crippen LogP contribution in [0.4, 0.5) is 0 Å². The Hall–Kier alpha value is -4.56. The van der Waals surface area contributed by atoms with Gasteiger partial charge in [-0.2, -0.15) is 5.26 Å². The van der Waals surface area contributed by atoms with Crippen LogP contribution in [0.2, 0.25) is 0 Å². The molecule has 4 aromatic rings. The molecule has 0 aliphatic carbocycles. The van der Waals surface area contributed by atoms with Crippen LogP contribution >= 0.6 is 0 Å². The summed E-state index contributed by atoms with van der Waals surface area (Å²) in [4.78, 5) is 11.1. The smallest absolute Gasteiger partial charge is 0.335 e. The quantitative estimate of drug-likeness (QED) is 0.330. The monoisotopic (exact) mass is 448 g/mol. The van der Waals surface area contributed by atoms with E-state index < -0.39 is 5.97 Å². The number of hydrogen-bond donors (Lipinski definition) is 1. The number of carboxylic acid groups (broad SMARTS) is 1. The average molecular weight is 449 g/mol. The summed E-state index contributed by atoms with van der Waals surface area (Å²) in [5, 5.41) is 18.8. The van der Waals surface area contributed by atoms with Gasteiger partial charge in [0.25, 0.3) is 0 Å². The molecule has 0 unspecified atom stereocenters. The number of aromatic nitrogens is 1. The molecule has 3 aromatic carbocycles. The van der Waals surface area contributed by atoms with Crippen LogP contribution in [0.1, 0.15) is 38.4 Å². The molecule has 0 fully saturated rings. The van der Waals surface area contributed by atoms with E-state index in [9.17, 15) is 10.1 Å². The molecule has 0 aliphatic heterocycles. The highest BCUT2D eigenvalue weighted by atomic mass is 16.5.